The highest BCUT2D eigenvalue weighted by Crippen LogP contribution is 2.16. The van der Waals surface area contributed by atoms with Crippen molar-refractivity contribution < 1.29 is 9.21 Å². The lowest BCUT2D eigenvalue weighted by Gasteiger charge is -2.21. The highest BCUT2D eigenvalue weighted by atomic mass is 16.3. The molecule has 0 aliphatic carbocycles. The largest absolute Gasteiger partial charge is 0.467 e. The Balaban J connectivity index is 1.71. The van der Waals surface area contributed by atoms with Crippen LogP contribution in [0, 0.1) is 6.92 Å². The predicted octanol–water partition coefficient (Wildman–Crippen LogP) is 3.06. The second kappa shape index (κ2) is 7.48. The van der Waals surface area contributed by atoms with Crippen LogP contribution >= 0.6 is 0 Å². The Labute approximate surface area is 160 Å². The molecule has 0 fully saturated rings. The summed E-state index contributed by atoms with van der Waals surface area (Å²) in [5.74, 6) is 0.290. The predicted molar refractivity (Wildman–Crippen MR) is 104 cm³/mol. The second-order valence-electron chi connectivity index (χ2n) is 6.55. The maximum atomic E-state index is 13.0. The quantitative estimate of drug-likeness (QED) is 0.580. The molecule has 0 bridgehead atoms. The molecule has 1 aromatic carbocycles. The van der Waals surface area contributed by atoms with Crippen molar-refractivity contribution in [2.45, 2.75) is 20.0 Å². The maximum absolute atomic E-state index is 13.0. The minimum Gasteiger partial charge on any atom is -0.467 e. The van der Waals surface area contributed by atoms with Crippen LogP contribution in [0.1, 0.15) is 27.4 Å². The van der Waals surface area contributed by atoms with Gasteiger partial charge in [0.2, 0.25) is 0 Å². The van der Waals surface area contributed by atoms with Crippen LogP contribution in [0.25, 0.3) is 10.9 Å². The summed E-state index contributed by atoms with van der Waals surface area (Å²) in [5.41, 5.74) is 2.32. The summed E-state index contributed by atoms with van der Waals surface area (Å²) in [5, 5.41) is 0.916. The molecule has 3 aromatic heterocycles. The maximum Gasteiger partial charge on any atom is 0.274 e. The highest BCUT2D eigenvalue weighted by Gasteiger charge is 2.20. The van der Waals surface area contributed by atoms with Gasteiger partial charge >= 0.3 is 0 Å². The topological polar surface area (TPSA) is 92.1 Å². The summed E-state index contributed by atoms with van der Waals surface area (Å²) >= 11 is 0. The van der Waals surface area contributed by atoms with E-state index in [0.29, 0.717) is 11.3 Å². The number of hydrogen-bond acceptors (Lipinski definition) is 5. The zero-order valence-electron chi connectivity index (χ0n) is 15.3. The van der Waals surface area contributed by atoms with Crippen molar-refractivity contribution in [1.82, 2.24) is 19.9 Å². The van der Waals surface area contributed by atoms with E-state index < -0.39 is 0 Å². The number of aryl methyl sites for hydroxylation is 1. The molecule has 0 aliphatic rings. The second-order valence-corrected chi connectivity index (χ2v) is 6.55. The van der Waals surface area contributed by atoms with Crippen molar-refractivity contribution in [3.63, 3.8) is 0 Å². The van der Waals surface area contributed by atoms with Gasteiger partial charge < -0.3 is 14.3 Å². The van der Waals surface area contributed by atoms with Crippen LogP contribution < -0.4 is 5.56 Å². The van der Waals surface area contributed by atoms with Crippen LogP contribution in [-0.4, -0.2) is 25.8 Å². The average molecular weight is 374 g/mol. The fourth-order valence-corrected chi connectivity index (χ4v) is 3.06. The smallest absolute Gasteiger partial charge is 0.274 e. The Morgan fingerprint density at radius 2 is 2.07 bits per heavy atom. The number of rotatable bonds is 5. The number of H-pyrrole nitrogens is 1. The van der Waals surface area contributed by atoms with E-state index in [-0.39, 0.29) is 30.2 Å². The van der Waals surface area contributed by atoms with E-state index >= 15 is 0 Å². The minimum absolute atomic E-state index is 0.120. The zero-order chi connectivity index (χ0) is 19.5. The molecule has 28 heavy (non-hydrogen) atoms. The molecule has 0 atom stereocenters. The number of fused-ring (bicyclic) bond motifs is 1. The minimum atomic E-state index is -0.326. The Morgan fingerprint density at radius 3 is 2.82 bits per heavy atom. The SMILES string of the molecule is Cc1ccc2[nH]c(=O)c(CN(Cc3ccco3)C(=O)c3cnccn3)cc2c1. The monoisotopic (exact) mass is 374 g/mol. The Kier molecular flexibility index (Phi) is 4.72. The summed E-state index contributed by atoms with van der Waals surface area (Å²) in [6.45, 7) is 2.33. The number of furan rings is 1. The number of benzene rings is 1. The number of pyridine rings is 1. The summed E-state index contributed by atoms with van der Waals surface area (Å²) in [4.78, 5) is 38.0. The van der Waals surface area contributed by atoms with Crippen LogP contribution in [0.15, 0.2) is 70.5 Å². The Bertz CT molecular complexity index is 1170. The number of nitrogens with zero attached hydrogens (tertiary/aromatic N) is 3. The normalized spacial score (nSPS) is 10.9. The average Bonchev–Trinajstić information content (AvgIpc) is 3.21. The fourth-order valence-electron chi connectivity index (χ4n) is 3.06. The van der Waals surface area contributed by atoms with Crippen molar-refractivity contribution >= 4 is 16.8 Å². The molecule has 0 unspecified atom stereocenters. The molecule has 140 valence electrons. The zero-order valence-corrected chi connectivity index (χ0v) is 15.3. The number of carbonyl (C=O) groups is 1. The molecule has 0 spiro atoms. The van der Waals surface area contributed by atoms with Gasteiger partial charge in [-0.15, -0.1) is 0 Å². The van der Waals surface area contributed by atoms with Gasteiger partial charge in [0.1, 0.15) is 11.5 Å². The van der Waals surface area contributed by atoms with Gasteiger partial charge in [0.15, 0.2) is 0 Å². The van der Waals surface area contributed by atoms with Crippen molar-refractivity contribution in [2.75, 3.05) is 0 Å². The molecule has 3 heterocycles. The van der Waals surface area contributed by atoms with Crippen LogP contribution in [-0.2, 0) is 13.1 Å². The van der Waals surface area contributed by atoms with Gasteiger partial charge in [0, 0.05) is 23.5 Å². The first-order valence-electron chi connectivity index (χ1n) is 8.80. The van der Waals surface area contributed by atoms with E-state index in [1.54, 1.807) is 18.4 Å². The number of hydrogen-bond donors (Lipinski definition) is 1. The molecular weight excluding hydrogens is 356 g/mol. The summed E-state index contributed by atoms with van der Waals surface area (Å²) < 4.78 is 5.39. The lowest BCUT2D eigenvalue weighted by molar-refractivity contribution is 0.0710. The van der Waals surface area contributed by atoms with Gasteiger partial charge in [-0.1, -0.05) is 11.6 Å². The molecule has 4 aromatic rings. The molecule has 0 aliphatic heterocycles. The molecule has 4 rings (SSSR count). The van der Waals surface area contributed by atoms with Gasteiger partial charge in [-0.2, -0.15) is 0 Å². The highest BCUT2D eigenvalue weighted by molar-refractivity contribution is 5.92. The van der Waals surface area contributed by atoms with Gasteiger partial charge in [-0.25, -0.2) is 4.98 Å². The van der Waals surface area contributed by atoms with Crippen LogP contribution in [0.5, 0.6) is 0 Å². The third kappa shape index (κ3) is 3.68. The Morgan fingerprint density at radius 1 is 1.18 bits per heavy atom. The number of nitrogens with one attached hydrogen (secondary N) is 1. The number of aromatic nitrogens is 3. The molecular formula is C21H18N4O3. The lowest BCUT2D eigenvalue weighted by Crippen LogP contribution is -2.33. The van der Waals surface area contributed by atoms with Crippen molar-refractivity contribution in [1.29, 1.82) is 0 Å². The van der Waals surface area contributed by atoms with Gasteiger partial charge in [-0.05, 0) is 42.6 Å². The molecule has 0 saturated carbocycles. The van der Waals surface area contributed by atoms with E-state index in [0.717, 1.165) is 16.5 Å². The molecule has 0 radical (unpaired) electrons. The molecule has 0 saturated heterocycles. The van der Waals surface area contributed by atoms with Crippen LogP contribution in [0.3, 0.4) is 0 Å². The first-order valence-corrected chi connectivity index (χ1v) is 8.80. The van der Waals surface area contributed by atoms with Gasteiger partial charge in [0.05, 0.1) is 25.5 Å². The third-order valence-electron chi connectivity index (χ3n) is 4.43. The summed E-state index contributed by atoms with van der Waals surface area (Å²) in [6.07, 6.45) is 5.92. The van der Waals surface area contributed by atoms with Crippen LogP contribution in [0.2, 0.25) is 0 Å². The van der Waals surface area contributed by atoms with E-state index in [9.17, 15) is 9.59 Å². The molecule has 7 nitrogen and oxygen atoms in total. The summed E-state index contributed by atoms with van der Waals surface area (Å²) in [6, 6.07) is 11.2. The van der Waals surface area contributed by atoms with Gasteiger partial charge in [-0.3, -0.25) is 14.6 Å². The Hall–Kier alpha value is -3.74. The lowest BCUT2D eigenvalue weighted by atomic mass is 10.1. The van der Waals surface area contributed by atoms with E-state index in [4.69, 9.17) is 4.42 Å². The molecule has 7 heteroatoms. The van der Waals surface area contributed by atoms with Gasteiger partial charge in [0.25, 0.3) is 11.5 Å². The van der Waals surface area contributed by atoms with Crippen LogP contribution in [0.4, 0.5) is 0 Å². The molecule has 1 N–H and O–H groups in total. The van der Waals surface area contributed by atoms with Crippen molar-refractivity contribution in [3.8, 4) is 0 Å². The fraction of sp³-hybridized carbons (Fsp3) is 0.143. The number of aromatic amines is 1. The standard InChI is InChI=1S/C21H18N4O3/c1-14-4-5-18-15(9-14)10-16(20(26)24-18)12-25(13-17-3-2-8-28-17)21(27)19-11-22-6-7-23-19/h2-11H,12-13H2,1H3,(H,24,26). The van der Waals surface area contributed by atoms with E-state index in [1.807, 2.05) is 31.2 Å². The van der Waals surface area contributed by atoms with E-state index in [2.05, 4.69) is 15.0 Å². The molecule has 1 amide bonds. The summed E-state index contributed by atoms with van der Waals surface area (Å²) in [7, 11) is 0. The van der Waals surface area contributed by atoms with Crippen molar-refractivity contribution in [2.24, 2.45) is 0 Å². The number of amides is 1. The van der Waals surface area contributed by atoms with E-state index in [1.165, 1.54) is 23.5 Å². The third-order valence-corrected chi connectivity index (χ3v) is 4.43. The van der Waals surface area contributed by atoms with Crippen molar-refractivity contribution in [3.05, 3.63) is 94.2 Å². The first-order chi connectivity index (χ1) is 13.6. The number of carbonyl (C=O) groups excluding carboxylic acids is 1. The first kappa shape index (κ1) is 17.7.